The smallest absolute Gasteiger partial charge is 0.350 e. The lowest BCUT2D eigenvalue weighted by Crippen LogP contribution is -2.43. The van der Waals surface area contributed by atoms with Gasteiger partial charge in [0.2, 0.25) is 5.91 Å². The topological polar surface area (TPSA) is 41.1 Å². The molecule has 29 heavy (non-hydrogen) atoms. The fraction of sp³-hybridized carbons (Fsp3) is 0.409. The van der Waals surface area contributed by atoms with Crippen LogP contribution in [0, 0.1) is 5.92 Å². The Morgan fingerprint density at radius 3 is 2.31 bits per heavy atom. The summed E-state index contributed by atoms with van der Waals surface area (Å²) < 4.78 is 38.4. The Morgan fingerprint density at radius 1 is 1.07 bits per heavy atom. The number of alkyl halides is 3. The highest BCUT2D eigenvalue weighted by Crippen LogP contribution is 2.40. The predicted molar refractivity (Wildman–Crippen MR) is 106 cm³/mol. The maximum absolute atomic E-state index is 13.0. The molecule has 2 fully saturated rings. The highest BCUT2D eigenvalue weighted by molar-refractivity contribution is 6.30. The van der Waals surface area contributed by atoms with E-state index in [0.29, 0.717) is 18.1 Å². The molecule has 3 nitrogen and oxygen atoms in total. The quantitative estimate of drug-likeness (QED) is 0.742. The summed E-state index contributed by atoms with van der Waals surface area (Å²) >= 11 is 5.94. The molecular formula is C22H22ClF3N2O. The Hall–Kier alpha value is -2.05. The van der Waals surface area contributed by atoms with Crippen LogP contribution in [0.1, 0.15) is 35.4 Å². The summed E-state index contributed by atoms with van der Waals surface area (Å²) in [6, 6.07) is 12.8. The van der Waals surface area contributed by atoms with Gasteiger partial charge >= 0.3 is 6.18 Å². The summed E-state index contributed by atoms with van der Waals surface area (Å²) in [4.78, 5) is 13.0. The van der Waals surface area contributed by atoms with Crippen molar-refractivity contribution in [3.8, 4) is 0 Å². The first-order valence-corrected chi connectivity index (χ1v) is 10.1. The maximum atomic E-state index is 13.0. The van der Waals surface area contributed by atoms with Gasteiger partial charge in [0.05, 0.1) is 11.5 Å². The summed E-state index contributed by atoms with van der Waals surface area (Å²) in [7, 11) is 0. The van der Waals surface area contributed by atoms with E-state index in [9.17, 15) is 18.0 Å². The Kier molecular flexibility index (Phi) is 5.34. The molecular weight excluding hydrogens is 401 g/mol. The van der Waals surface area contributed by atoms with Gasteiger partial charge in [0.1, 0.15) is 0 Å². The number of nitrogens with one attached hydrogen (secondary N) is 2. The van der Waals surface area contributed by atoms with Crippen LogP contribution < -0.4 is 10.6 Å². The number of hydrogen-bond donors (Lipinski definition) is 2. The van der Waals surface area contributed by atoms with E-state index in [4.69, 9.17) is 11.6 Å². The molecule has 1 saturated carbocycles. The number of benzene rings is 2. The van der Waals surface area contributed by atoms with Gasteiger partial charge in [-0.15, -0.1) is 0 Å². The van der Waals surface area contributed by atoms with Crippen molar-refractivity contribution in [3.05, 3.63) is 70.2 Å². The van der Waals surface area contributed by atoms with E-state index in [1.807, 2.05) is 24.3 Å². The Balaban J connectivity index is 1.43. The second-order valence-electron chi connectivity index (χ2n) is 8.06. The van der Waals surface area contributed by atoms with Crippen molar-refractivity contribution in [3.63, 3.8) is 0 Å². The van der Waals surface area contributed by atoms with E-state index in [2.05, 4.69) is 10.6 Å². The van der Waals surface area contributed by atoms with Gasteiger partial charge in [-0.3, -0.25) is 4.79 Å². The van der Waals surface area contributed by atoms with E-state index >= 15 is 0 Å². The lowest BCUT2D eigenvalue weighted by Gasteiger charge is -2.24. The van der Waals surface area contributed by atoms with E-state index in [-0.39, 0.29) is 23.3 Å². The van der Waals surface area contributed by atoms with Gasteiger partial charge in [-0.05, 0) is 54.7 Å². The van der Waals surface area contributed by atoms with E-state index in [0.717, 1.165) is 42.5 Å². The molecule has 0 aromatic heterocycles. The lowest BCUT2D eigenvalue weighted by atomic mass is 9.87. The van der Waals surface area contributed by atoms with Crippen molar-refractivity contribution in [2.75, 3.05) is 13.1 Å². The second kappa shape index (κ2) is 7.65. The number of rotatable bonds is 5. The molecule has 2 unspecified atom stereocenters. The van der Waals surface area contributed by atoms with Crippen molar-refractivity contribution in [2.45, 2.75) is 36.9 Å². The second-order valence-corrected chi connectivity index (χ2v) is 8.50. The number of carbonyl (C=O) groups is 1. The standard InChI is InChI=1S/C22H22ClF3N2O/c23-17-7-1-14(2-8-17)11-21(9-10-21)28-20(29)19-13-27-12-18(19)15-3-5-16(6-4-15)22(24,25)26/h1-8,18-19,27H,9-13H2,(H,28,29). The molecule has 1 amide bonds. The zero-order valence-electron chi connectivity index (χ0n) is 15.7. The fourth-order valence-electron chi connectivity index (χ4n) is 4.07. The average Bonchev–Trinajstić information content (AvgIpc) is 3.24. The molecule has 1 aliphatic heterocycles. The third-order valence-electron chi connectivity index (χ3n) is 5.91. The fourth-order valence-corrected chi connectivity index (χ4v) is 4.19. The lowest BCUT2D eigenvalue weighted by molar-refractivity contribution is -0.137. The average molecular weight is 423 g/mol. The molecule has 2 atom stereocenters. The van der Waals surface area contributed by atoms with Crippen LogP contribution >= 0.6 is 11.6 Å². The van der Waals surface area contributed by atoms with Crippen LogP contribution in [0.15, 0.2) is 48.5 Å². The first-order chi connectivity index (χ1) is 13.8. The monoisotopic (exact) mass is 422 g/mol. The molecule has 1 heterocycles. The van der Waals surface area contributed by atoms with Crippen molar-refractivity contribution in [1.29, 1.82) is 0 Å². The molecule has 1 aliphatic carbocycles. The largest absolute Gasteiger partial charge is 0.416 e. The predicted octanol–water partition coefficient (Wildman–Crippen LogP) is 4.55. The molecule has 7 heteroatoms. The van der Waals surface area contributed by atoms with Gasteiger partial charge < -0.3 is 10.6 Å². The molecule has 0 bridgehead atoms. The van der Waals surface area contributed by atoms with Gasteiger partial charge in [-0.1, -0.05) is 35.9 Å². The van der Waals surface area contributed by atoms with Crippen molar-refractivity contribution < 1.29 is 18.0 Å². The molecule has 2 aliphatic rings. The van der Waals surface area contributed by atoms with Crippen LogP contribution in [0.3, 0.4) is 0 Å². The number of halogens is 4. The Bertz CT molecular complexity index is 876. The minimum Gasteiger partial charge on any atom is -0.350 e. The molecule has 0 radical (unpaired) electrons. The maximum Gasteiger partial charge on any atom is 0.416 e. The highest BCUT2D eigenvalue weighted by Gasteiger charge is 2.46. The van der Waals surface area contributed by atoms with E-state index < -0.39 is 11.7 Å². The van der Waals surface area contributed by atoms with Crippen LogP contribution in [0.2, 0.25) is 5.02 Å². The highest BCUT2D eigenvalue weighted by atomic mass is 35.5. The zero-order valence-corrected chi connectivity index (χ0v) is 16.5. The third kappa shape index (κ3) is 4.59. The summed E-state index contributed by atoms with van der Waals surface area (Å²) in [6.07, 6.45) is -1.76. The first-order valence-electron chi connectivity index (χ1n) is 9.70. The molecule has 2 aromatic carbocycles. The van der Waals surface area contributed by atoms with Crippen molar-refractivity contribution >= 4 is 17.5 Å². The zero-order chi connectivity index (χ0) is 20.6. The molecule has 4 rings (SSSR count). The van der Waals surface area contributed by atoms with Crippen LogP contribution in [0.4, 0.5) is 13.2 Å². The summed E-state index contributed by atoms with van der Waals surface area (Å²) in [5, 5.41) is 7.11. The van der Waals surface area contributed by atoms with Crippen LogP contribution in [-0.4, -0.2) is 24.5 Å². The van der Waals surface area contributed by atoms with Crippen LogP contribution in [-0.2, 0) is 17.4 Å². The Morgan fingerprint density at radius 2 is 1.72 bits per heavy atom. The summed E-state index contributed by atoms with van der Waals surface area (Å²) in [5.74, 6) is -0.468. The van der Waals surface area contributed by atoms with Gasteiger partial charge in [0.25, 0.3) is 0 Å². The van der Waals surface area contributed by atoms with Gasteiger partial charge in [0, 0.05) is 29.6 Å². The Labute approximate surface area is 172 Å². The molecule has 0 spiro atoms. The summed E-state index contributed by atoms with van der Waals surface area (Å²) in [5.41, 5.74) is 0.980. The van der Waals surface area contributed by atoms with E-state index in [1.165, 1.54) is 12.1 Å². The van der Waals surface area contributed by atoms with E-state index in [1.54, 1.807) is 0 Å². The van der Waals surface area contributed by atoms with Crippen LogP contribution in [0.25, 0.3) is 0 Å². The van der Waals surface area contributed by atoms with Gasteiger partial charge in [-0.25, -0.2) is 0 Å². The normalized spacial score (nSPS) is 23.0. The minimum atomic E-state index is -4.36. The first kappa shape index (κ1) is 20.2. The molecule has 2 aromatic rings. The molecule has 154 valence electrons. The number of hydrogen-bond acceptors (Lipinski definition) is 2. The molecule has 1 saturated heterocycles. The SMILES string of the molecule is O=C(NC1(Cc2ccc(Cl)cc2)CC1)C1CNCC1c1ccc(C(F)(F)F)cc1. The molecule has 2 N–H and O–H groups in total. The number of amides is 1. The number of carbonyl (C=O) groups excluding carboxylic acids is 1. The minimum absolute atomic E-state index is 0.0358. The van der Waals surface area contributed by atoms with Gasteiger partial charge in [-0.2, -0.15) is 13.2 Å². The third-order valence-corrected chi connectivity index (χ3v) is 6.17. The van der Waals surface area contributed by atoms with Gasteiger partial charge in [0.15, 0.2) is 0 Å². The van der Waals surface area contributed by atoms with Crippen molar-refractivity contribution in [1.82, 2.24) is 10.6 Å². The van der Waals surface area contributed by atoms with Crippen molar-refractivity contribution in [2.24, 2.45) is 5.92 Å². The summed E-state index contributed by atoms with van der Waals surface area (Å²) in [6.45, 7) is 1.10. The van der Waals surface area contributed by atoms with Crippen LogP contribution in [0.5, 0.6) is 0 Å².